The Balaban J connectivity index is 2.11. The van der Waals surface area contributed by atoms with E-state index in [4.69, 9.17) is 5.84 Å². The van der Waals surface area contributed by atoms with Gasteiger partial charge in [0.1, 0.15) is 5.82 Å². The van der Waals surface area contributed by atoms with Crippen LogP contribution in [0.3, 0.4) is 0 Å². The minimum atomic E-state index is -0.238. The van der Waals surface area contributed by atoms with E-state index in [9.17, 15) is 4.39 Å². The fourth-order valence-corrected chi connectivity index (χ4v) is 3.52. The Labute approximate surface area is 131 Å². The van der Waals surface area contributed by atoms with Crippen LogP contribution in [0.15, 0.2) is 51.8 Å². The van der Waals surface area contributed by atoms with Crippen molar-refractivity contribution in [3.05, 3.63) is 63.9 Å². The predicted molar refractivity (Wildman–Crippen MR) is 86.1 cm³/mol. The maximum Gasteiger partial charge on any atom is 0.123 e. The molecule has 0 aliphatic carbocycles. The number of hydrazine groups is 1. The highest BCUT2D eigenvalue weighted by molar-refractivity contribution is 9.10. The molecule has 0 radical (unpaired) electrons. The van der Waals surface area contributed by atoms with Gasteiger partial charge in [0, 0.05) is 15.1 Å². The summed E-state index contributed by atoms with van der Waals surface area (Å²) >= 11 is 5.13. The van der Waals surface area contributed by atoms with Crippen LogP contribution < -0.4 is 11.3 Å². The lowest BCUT2D eigenvalue weighted by Crippen LogP contribution is -2.30. The van der Waals surface area contributed by atoms with Crippen LogP contribution in [0.2, 0.25) is 0 Å². The molecule has 1 atom stereocenters. The maximum atomic E-state index is 13.4. The van der Waals surface area contributed by atoms with Gasteiger partial charge in [-0.1, -0.05) is 28.1 Å². The highest BCUT2D eigenvalue weighted by Crippen LogP contribution is 2.28. The minimum absolute atomic E-state index is 0.0883. The van der Waals surface area contributed by atoms with E-state index in [1.807, 2.05) is 25.1 Å². The van der Waals surface area contributed by atoms with Gasteiger partial charge in [-0.15, -0.1) is 11.8 Å². The zero-order chi connectivity index (χ0) is 14.5. The number of aryl methyl sites for hydroxylation is 1. The molecule has 1 unspecified atom stereocenters. The molecule has 0 saturated heterocycles. The molecule has 0 bridgehead atoms. The standard InChI is InChI=1S/C15H16BrFN2S/c1-10-5-6-12(17)8-14(10)15(19-18)9-20-13-4-2-3-11(16)7-13/h2-8,15,19H,9,18H2,1H3. The quantitative estimate of drug-likeness (QED) is 0.480. The van der Waals surface area contributed by atoms with E-state index < -0.39 is 0 Å². The molecule has 2 aromatic carbocycles. The summed E-state index contributed by atoms with van der Waals surface area (Å²) < 4.78 is 14.4. The summed E-state index contributed by atoms with van der Waals surface area (Å²) in [6, 6.07) is 12.8. The molecule has 2 nitrogen and oxygen atoms in total. The summed E-state index contributed by atoms with van der Waals surface area (Å²) in [5.41, 5.74) is 4.70. The smallest absolute Gasteiger partial charge is 0.123 e. The van der Waals surface area contributed by atoms with E-state index in [0.717, 1.165) is 26.2 Å². The molecule has 0 aliphatic rings. The van der Waals surface area contributed by atoms with Gasteiger partial charge in [-0.3, -0.25) is 11.3 Å². The number of benzene rings is 2. The van der Waals surface area contributed by atoms with Gasteiger partial charge in [-0.05, 0) is 48.4 Å². The van der Waals surface area contributed by atoms with Crippen molar-refractivity contribution in [1.29, 1.82) is 0 Å². The number of hydrogen-bond acceptors (Lipinski definition) is 3. The molecule has 5 heteroatoms. The Morgan fingerprint density at radius 2 is 2.10 bits per heavy atom. The van der Waals surface area contributed by atoms with Gasteiger partial charge in [-0.25, -0.2) is 4.39 Å². The number of thioether (sulfide) groups is 1. The first-order valence-corrected chi connectivity index (χ1v) is 7.98. The first kappa shape index (κ1) is 15.5. The van der Waals surface area contributed by atoms with Gasteiger partial charge in [0.2, 0.25) is 0 Å². The summed E-state index contributed by atoms with van der Waals surface area (Å²) in [7, 11) is 0. The van der Waals surface area contributed by atoms with E-state index in [1.54, 1.807) is 23.9 Å². The third-order valence-electron chi connectivity index (χ3n) is 3.03. The molecule has 0 spiro atoms. The van der Waals surface area contributed by atoms with Crippen molar-refractivity contribution in [1.82, 2.24) is 5.43 Å². The molecule has 0 aromatic heterocycles. The zero-order valence-electron chi connectivity index (χ0n) is 11.1. The monoisotopic (exact) mass is 354 g/mol. The second-order valence-electron chi connectivity index (χ2n) is 4.49. The van der Waals surface area contributed by atoms with E-state index in [-0.39, 0.29) is 11.9 Å². The van der Waals surface area contributed by atoms with Crippen LogP contribution in [0.5, 0.6) is 0 Å². The van der Waals surface area contributed by atoms with E-state index >= 15 is 0 Å². The van der Waals surface area contributed by atoms with Gasteiger partial charge in [0.15, 0.2) is 0 Å². The van der Waals surface area contributed by atoms with Crippen molar-refractivity contribution in [2.45, 2.75) is 17.9 Å². The number of rotatable bonds is 5. The van der Waals surface area contributed by atoms with Crippen LogP contribution in [0.4, 0.5) is 4.39 Å². The molecule has 106 valence electrons. The molecule has 0 heterocycles. The third kappa shape index (κ3) is 4.06. The van der Waals surface area contributed by atoms with Gasteiger partial charge >= 0.3 is 0 Å². The number of halogens is 2. The number of hydrogen-bond donors (Lipinski definition) is 2. The van der Waals surface area contributed by atoms with Crippen molar-refractivity contribution in [3.63, 3.8) is 0 Å². The molecular formula is C15H16BrFN2S. The summed E-state index contributed by atoms with van der Waals surface area (Å²) in [5, 5.41) is 0. The van der Waals surface area contributed by atoms with Gasteiger partial charge in [0.25, 0.3) is 0 Å². The number of nitrogens with two attached hydrogens (primary N) is 1. The Hall–Kier alpha value is -0.880. The largest absolute Gasteiger partial charge is 0.271 e. The highest BCUT2D eigenvalue weighted by Gasteiger charge is 2.13. The lowest BCUT2D eigenvalue weighted by atomic mass is 10.0. The van der Waals surface area contributed by atoms with Crippen molar-refractivity contribution in [2.24, 2.45) is 5.84 Å². The normalized spacial score (nSPS) is 12.4. The Bertz CT molecular complexity index is 592. The second-order valence-corrected chi connectivity index (χ2v) is 6.50. The van der Waals surface area contributed by atoms with Gasteiger partial charge < -0.3 is 0 Å². The molecular weight excluding hydrogens is 339 g/mol. The van der Waals surface area contributed by atoms with Crippen molar-refractivity contribution >= 4 is 27.7 Å². The van der Waals surface area contributed by atoms with Crippen LogP contribution in [-0.4, -0.2) is 5.75 Å². The van der Waals surface area contributed by atoms with Crippen LogP contribution in [0.25, 0.3) is 0 Å². The van der Waals surface area contributed by atoms with Gasteiger partial charge in [-0.2, -0.15) is 0 Å². The van der Waals surface area contributed by atoms with E-state index in [2.05, 4.69) is 27.4 Å². The summed E-state index contributed by atoms with van der Waals surface area (Å²) in [6.07, 6.45) is 0. The molecule has 0 fully saturated rings. The minimum Gasteiger partial charge on any atom is -0.271 e. The molecule has 2 aromatic rings. The SMILES string of the molecule is Cc1ccc(F)cc1C(CSc1cccc(Br)c1)NN. The lowest BCUT2D eigenvalue weighted by molar-refractivity contribution is 0.588. The Morgan fingerprint density at radius 1 is 1.30 bits per heavy atom. The first-order valence-electron chi connectivity index (χ1n) is 6.20. The fraction of sp³-hybridized carbons (Fsp3) is 0.200. The summed E-state index contributed by atoms with van der Waals surface area (Å²) in [5.74, 6) is 6.12. The average Bonchev–Trinajstić information content (AvgIpc) is 2.43. The molecule has 0 amide bonds. The second kappa shape index (κ2) is 7.22. The van der Waals surface area contributed by atoms with Crippen LogP contribution in [0, 0.1) is 12.7 Å². The molecule has 0 aliphatic heterocycles. The van der Waals surface area contributed by atoms with Gasteiger partial charge in [0.05, 0.1) is 6.04 Å². The fourth-order valence-electron chi connectivity index (χ4n) is 1.95. The molecule has 2 rings (SSSR count). The van der Waals surface area contributed by atoms with Crippen molar-refractivity contribution in [2.75, 3.05) is 5.75 Å². The first-order chi connectivity index (χ1) is 9.60. The van der Waals surface area contributed by atoms with Crippen LogP contribution >= 0.6 is 27.7 Å². The predicted octanol–water partition coefficient (Wildman–Crippen LogP) is 4.19. The summed E-state index contributed by atoms with van der Waals surface area (Å²) in [4.78, 5) is 1.15. The molecule has 20 heavy (non-hydrogen) atoms. The maximum absolute atomic E-state index is 13.4. The third-order valence-corrected chi connectivity index (χ3v) is 4.61. The van der Waals surface area contributed by atoms with Crippen LogP contribution in [-0.2, 0) is 0 Å². The lowest BCUT2D eigenvalue weighted by Gasteiger charge is -2.18. The van der Waals surface area contributed by atoms with E-state index in [1.165, 1.54) is 6.07 Å². The average molecular weight is 355 g/mol. The Morgan fingerprint density at radius 3 is 2.80 bits per heavy atom. The Kier molecular flexibility index (Phi) is 5.60. The van der Waals surface area contributed by atoms with E-state index in [0.29, 0.717) is 0 Å². The summed E-state index contributed by atoms with van der Waals surface area (Å²) in [6.45, 7) is 1.96. The van der Waals surface area contributed by atoms with Crippen molar-refractivity contribution in [3.8, 4) is 0 Å². The van der Waals surface area contributed by atoms with Crippen LogP contribution in [0.1, 0.15) is 17.2 Å². The van der Waals surface area contributed by atoms with Crippen molar-refractivity contribution < 1.29 is 4.39 Å². The zero-order valence-corrected chi connectivity index (χ0v) is 13.5. The highest BCUT2D eigenvalue weighted by atomic mass is 79.9. The number of nitrogens with one attached hydrogen (secondary N) is 1. The molecule has 0 saturated carbocycles. The molecule has 3 N–H and O–H groups in total. The topological polar surface area (TPSA) is 38.0 Å².